The molecule has 1 unspecified atom stereocenters. The monoisotopic (exact) mass is 397 g/mol. The maximum Gasteiger partial charge on any atom is 0.264 e. The highest BCUT2D eigenvalue weighted by Gasteiger charge is 2.28. The number of carbonyl (C=O) groups excluding carboxylic acids is 1. The van der Waals surface area contributed by atoms with Gasteiger partial charge in [-0.2, -0.15) is 0 Å². The Morgan fingerprint density at radius 3 is 2.96 bits per heavy atom. The van der Waals surface area contributed by atoms with Gasteiger partial charge in [0.15, 0.2) is 0 Å². The minimum Gasteiger partial charge on any atom is -0.379 e. The van der Waals surface area contributed by atoms with Crippen molar-refractivity contribution < 1.29 is 9.53 Å². The van der Waals surface area contributed by atoms with E-state index in [4.69, 9.17) is 4.74 Å². The van der Waals surface area contributed by atoms with E-state index in [0.29, 0.717) is 24.6 Å². The van der Waals surface area contributed by atoms with Crippen molar-refractivity contribution in [3.63, 3.8) is 0 Å². The van der Waals surface area contributed by atoms with Crippen LogP contribution < -0.4 is 5.32 Å². The molecule has 1 aliphatic heterocycles. The number of likely N-dealkylation sites (N-methyl/N-ethyl adjacent to an activating group) is 1. The quantitative estimate of drug-likeness (QED) is 0.712. The van der Waals surface area contributed by atoms with Crippen LogP contribution in [-0.4, -0.2) is 52.1 Å². The third-order valence-electron chi connectivity index (χ3n) is 5.08. The van der Waals surface area contributed by atoms with Crippen LogP contribution >= 0.6 is 11.3 Å². The van der Waals surface area contributed by atoms with Gasteiger partial charge >= 0.3 is 0 Å². The van der Waals surface area contributed by atoms with Crippen LogP contribution in [0.4, 0.5) is 5.82 Å². The molecule has 8 heteroatoms. The van der Waals surface area contributed by atoms with Gasteiger partial charge in [0.1, 0.15) is 17.0 Å². The van der Waals surface area contributed by atoms with Gasteiger partial charge in [-0.05, 0) is 38.0 Å². The zero-order chi connectivity index (χ0) is 19.7. The number of thiophene rings is 1. The van der Waals surface area contributed by atoms with Crippen LogP contribution in [0.25, 0.3) is 10.2 Å². The predicted octanol–water partition coefficient (Wildman–Crippen LogP) is 3.18. The van der Waals surface area contributed by atoms with E-state index < -0.39 is 0 Å². The third kappa shape index (κ3) is 3.57. The standard InChI is InChI=1S/C20H23N5O2S/c1-12-5-4-6-14(24-12)9-21-18-16-13(2)17(28-19(16)23-11-22-18)20(26)25(3)15-7-8-27-10-15/h4-6,11,15H,7-10H2,1-3H3,(H,21,22,23). The first kappa shape index (κ1) is 18.8. The van der Waals surface area contributed by atoms with E-state index in [1.165, 1.54) is 17.7 Å². The average molecular weight is 398 g/mol. The fourth-order valence-corrected chi connectivity index (χ4v) is 4.57. The summed E-state index contributed by atoms with van der Waals surface area (Å²) in [5, 5.41) is 4.26. The number of carbonyl (C=O) groups is 1. The molecule has 1 amide bonds. The highest BCUT2D eigenvalue weighted by atomic mass is 32.1. The van der Waals surface area contributed by atoms with Crippen LogP contribution in [-0.2, 0) is 11.3 Å². The van der Waals surface area contributed by atoms with Crippen LogP contribution in [0.2, 0.25) is 0 Å². The molecule has 0 aromatic carbocycles. The first-order chi connectivity index (χ1) is 13.5. The molecule has 1 N–H and O–H groups in total. The van der Waals surface area contributed by atoms with E-state index in [2.05, 4.69) is 20.3 Å². The molecule has 0 aliphatic carbocycles. The predicted molar refractivity (Wildman–Crippen MR) is 110 cm³/mol. The normalized spacial score (nSPS) is 16.5. The van der Waals surface area contributed by atoms with E-state index in [1.54, 1.807) is 4.90 Å². The molecule has 146 valence electrons. The molecule has 3 aromatic heterocycles. The second-order valence-electron chi connectivity index (χ2n) is 7.02. The Labute approximate surface area is 167 Å². The van der Waals surface area contributed by atoms with Crippen molar-refractivity contribution >= 4 is 33.3 Å². The third-order valence-corrected chi connectivity index (χ3v) is 6.27. The van der Waals surface area contributed by atoms with Gasteiger partial charge in [-0.3, -0.25) is 9.78 Å². The molecule has 1 saturated heterocycles. The largest absolute Gasteiger partial charge is 0.379 e. The minimum absolute atomic E-state index is 0.0160. The Morgan fingerprint density at radius 1 is 1.36 bits per heavy atom. The second-order valence-corrected chi connectivity index (χ2v) is 8.02. The Morgan fingerprint density at radius 2 is 2.21 bits per heavy atom. The number of pyridine rings is 1. The zero-order valence-corrected chi connectivity index (χ0v) is 17.0. The number of aryl methyl sites for hydroxylation is 2. The molecule has 1 fully saturated rings. The number of rotatable bonds is 5. The highest BCUT2D eigenvalue weighted by Crippen LogP contribution is 2.34. The number of nitrogens with one attached hydrogen (secondary N) is 1. The van der Waals surface area contributed by atoms with Crippen molar-refractivity contribution in [1.29, 1.82) is 0 Å². The molecule has 1 atom stereocenters. The van der Waals surface area contributed by atoms with Gasteiger partial charge < -0.3 is 15.0 Å². The summed E-state index contributed by atoms with van der Waals surface area (Å²) in [6, 6.07) is 6.07. The van der Waals surface area contributed by atoms with E-state index in [0.717, 1.165) is 39.4 Å². The summed E-state index contributed by atoms with van der Waals surface area (Å²) < 4.78 is 5.43. The molecule has 3 aromatic rings. The average Bonchev–Trinajstić information content (AvgIpc) is 3.34. The Balaban J connectivity index is 1.61. The number of nitrogens with zero attached hydrogens (tertiary/aromatic N) is 4. The number of amides is 1. The first-order valence-corrected chi connectivity index (χ1v) is 10.1. The summed E-state index contributed by atoms with van der Waals surface area (Å²) >= 11 is 1.42. The van der Waals surface area contributed by atoms with Crippen LogP contribution in [0.1, 0.15) is 33.0 Å². The molecule has 0 spiro atoms. The van der Waals surface area contributed by atoms with Gasteiger partial charge in [-0.1, -0.05) is 6.07 Å². The van der Waals surface area contributed by atoms with Crippen LogP contribution in [0.3, 0.4) is 0 Å². The van der Waals surface area contributed by atoms with E-state index in [9.17, 15) is 4.79 Å². The molecule has 7 nitrogen and oxygen atoms in total. The van der Waals surface area contributed by atoms with Crippen molar-refractivity contribution in [2.75, 3.05) is 25.6 Å². The van der Waals surface area contributed by atoms with Gasteiger partial charge in [-0.25, -0.2) is 9.97 Å². The van der Waals surface area contributed by atoms with Crippen molar-refractivity contribution in [2.45, 2.75) is 32.9 Å². The summed E-state index contributed by atoms with van der Waals surface area (Å²) in [7, 11) is 1.85. The highest BCUT2D eigenvalue weighted by molar-refractivity contribution is 7.20. The van der Waals surface area contributed by atoms with Gasteiger partial charge in [0.25, 0.3) is 5.91 Å². The Kier molecular flexibility index (Phi) is 5.23. The fraction of sp³-hybridized carbons (Fsp3) is 0.400. The molecule has 0 radical (unpaired) electrons. The summed E-state index contributed by atoms with van der Waals surface area (Å²) in [6.07, 6.45) is 2.41. The Hall–Kier alpha value is -2.58. The van der Waals surface area contributed by atoms with Gasteiger partial charge in [0, 0.05) is 19.3 Å². The van der Waals surface area contributed by atoms with Crippen LogP contribution in [0, 0.1) is 13.8 Å². The van der Waals surface area contributed by atoms with Crippen molar-refractivity contribution in [2.24, 2.45) is 0 Å². The second kappa shape index (κ2) is 7.81. The Bertz CT molecular complexity index is 1010. The number of fused-ring (bicyclic) bond motifs is 1. The van der Waals surface area contributed by atoms with Gasteiger partial charge in [-0.15, -0.1) is 11.3 Å². The molecule has 0 saturated carbocycles. The lowest BCUT2D eigenvalue weighted by atomic mass is 10.1. The van der Waals surface area contributed by atoms with Crippen molar-refractivity contribution in [1.82, 2.24) is 19.9 Å². The molecule has 28 heavy (non-hydrogen) atoms. The fourth-order valence-electron chi connectivity index (χ4n) is 3.44. The number of aromatic nitrogens is 3. The summed E-state index contributed by atoms with van der Waals surface area (Å²) in [6.45, 7) is 5.80. The molecule has 1 aliphatic rings. The lowest BCUT2D eigenvalue weighted by Crippen LogP contribution is -2.37. The smallest absolute Gasteiger partial charge is 0.264 e. The topological polar surface area (TPSA) is 80.2 Å². The number of hydrogen-bond donors (Lipinski definition) is 1. The molecule has 4 heterocycles. The van der Waals surface area contributed by atoms with Crippen LogP contribution in [0.15, 0.2) is 24.5 Å². The lowest BCUT2D eigenvalue weighted by molar-refractivity contribution is 0.0715. The molecule has 4 rings (SSSR count). The maximum absolute atomic E-state index is 13.1. The van der Waals surface area contributed by atoms with Gasteiger partial charge in [0.05, 0.1) is 35.2 Å². The van der Waals surface area contributed by atoms with Crippen molar-refractivity contribution in [3.05, 3.63) is 46.4 Å². The summed E-state index contributed by atoms with van der Waals surface area (Å²) in [4.78, 5) is 29.7. The maximum atomic E-state index is 13.1. The van der Waals surface area contributed by atoms with E-state index >= 15 is 0 Å². The molecule has 0 bridgehead atoms. The molecular formula is C20H23N5O2S. The van der Waals surface area contributed by atoms with E-state index in [1.807, 2.05) is 39.1 Å². The number of anilines is 1. The summed E-state index contributed by atoms with van der Waals surface area (Å²) in [5.74, 6) is 0.746. The summed E-state index contributed by atoms with van der Waals surface area (Å²) in [5.41, 5.74) is 2.83. The van der Waals surface area contributed by atoms with Crippen molar-refractivity contribution in [3.8, 4) is 0 Å². The lowest BCUT2D eigenvalue weighted by Gasteiger charge is -2.22. The SMILES string of the molecule is Cc1cccc(CNc2ncnc3sc(C(=O)N(C)C4CCOC4)c(C)c23)n1. The van der Waals surface area contributed by atoms with E-state index in [-0.39, 0.29) is 11.9 Å². The first-order valence-electron chi connectivity index (χ1n) is 9.30. The minimum atomic E-state index is 0.0160. The molecular weight excluding hydrogens is 374 g/mol. The zero-order valence-electron chi connectivity index (χ0n) is 16.2. The number of hydrogen-bond acceptors (Lipinski definition) is 7. The number of ether oxygens (including phenoxy) is 1. The van der Waals surface area contributed by atoms with Crippen LogP contribution in [0.5, 0.6) is 0 Å². The van der Waals surface area contributed by atoms with Gasteiger partial charge in [0.2, 0.25) is 0 Å².